The Morgan fingerprint density at radius 2 is 2.07 bits per heavy atom. The monoisotopic (exact) mass is 220 g/mol. The highest BCUT2D eigenvalue weighted by Crippen LogP contribution is 2.06. The van der Waals surface area contributed by atoms with Gasteiger partial charge in [-0.1, -0.05) is 42.2 Å². The predicted octanol–water partition coefficient (Wildman–Crippen LogP) is 3.30. The topological polar surface area (TPSA) is 20.2 Å². The van der Waals surface area contributed by atoms with Gasteiger partial charge in [-0.15, -0.1) is 11.6 Å². The first kappa shape index (κ1) is 11.7. The third-order valence-electron chi connectivity index (χ3n) is 1.84. The van der Waals surface area contributed by atoms with Crippen LogP contribution < -0.4 is 0 Å². The SMILES string of the molecule is OC=CCC#CC(Cl)Cc1ccccc1. The Hall–Kier alpha value is -1.39. The number of aliphatic hydroxyl groups is 1. The summed E-state index contributed by atoms with van der Waals surface area (Å²) in [6.45, 7) is 0. The summed E-state index contributed by atoms with van der Waals surface area (Å²) in [5.41, 5.74) is 1.18. The Morgan fingerprint density at radius 3 is 2.73 bits per heavy atom. The zero-order valence-corrected chi connectivity index (χ0v) is 9.11. The number of benzene rings is 1. The van der Waals surface area contributed by atoms with Crippen LogP contribution in [0.15, 0.2) is 42.7 Å². The van der Waals surface area contributed by atoms with Crippen LogP contribution in [0.5, 0.6) is 0 Å². The molecule has 0 aliphatic rings. The Kier molecular flexibility index (Phi) is 5.43. The molecule has 0 radical (unpaired) electrons. The van der Waals surface area contributed by atoms with Crippen LogP contribution in [-0.2, 0) is 6.42 Å². The molecule has 1 rings (SSSR count). The van der Waals surface area contributed by atoms with Gasteiger partial charge in [-0.25, -0.2) is 0 Å². The molecule has 0 amide bonds. The second-order valence-electron chi connectivity index (χ2n) is 3.07. The number of hydrogen-bond donors (Lipinski definition) is 1. The van der Waals surface area contributed by atoms with Crippen LogP contribution in [-0.4, -0.2) is 10.5 Å². The molecule has 1 aromatic rings. The lowest BCUT2D eigenvalue weighted by Gasteiger charge is -2.01. The van der Waals surface area contributed by atoms with Crippen molar-refractivity contribution in [3.05, 3.63) is 48.2 Å². The van der Waals surface area contributed by atoms with Gasteiger partial charge in [-0.2, -0.15) is 0 Å². The highest BCUT2D eigenvalue weighted by Gasteiger charge is 2.00. The molecule has 0 heterocycles. The van der Waals surface area contributed by atoms with Gasteiger partial charge in [0.05, 0.1) is 11.6 Å². The number of rotatable bonds is 3. The molecule has 0 aliphatic carbocycles. The average Bonchev–Trinajstić information content (AvgIpc) is 2.26. The maximum Gasteiger partial charge on any atom is 0.0983 e. The van der Waals surface area contributed by atoms with Gasteiger partial charge in [0.2, 0.25) is 0 Å². The molecular formula is C13H13ClO. The lowest BCUT2D eigenvalue weighted by molar-refractivity contribution is 0.472. The van der Waals surface area contributed by atoms with Crippen LogP contribution in [0.2, 0.25) is 0 Å². The van der Waals surface area contributed by atoms with Crippen molar-refractivity contribution in [3.8, 4) is 11.8 Å². The fourth-order valence-corrected chi connectivity index (χ4v) is 1.41. The molecule has 0 aromatic heterocycles. The van der Waals surface area contributed by atoms with E-state index in [1.54, 1.807) is 6.08 Å². The molecule has 0 spiro atoms. The van der Waals surface area contributed by atoms with Crippen molar-refractivity contribution >= 4 is 11.6 Å². The maximum absolute atomic E-state index is 8.39. The first-order chi connectivity index (χ1) is 7.33. The molecule has 1 nitrogen and oxygen atoms in total. The second kappa shape index (κ2) is 6.98. The molecule has 78 valence electrons. The average molecular weight is 221 g/mol. The number of allylic oxidation sites excluding steroid dienone is 1. The van der Waals surface area contributed by atoms with Gasteiger partial charge in [0, 0.05) is 6.42 Å². The highest BCUT2D eigenvalue weighted by molar-refractivity contribution is 6.22. The lowest BCUT2D eigenvalue weighted by atomic mass is 10.1. The lowest BCUT2D eigenvalue weighted by Crippen LogP contribution is -1.99. The smallest absolute Gasteiger partial charge is 0.0983 e. The van der Waals surface area contributed by atoms with E-state index in [0.29, 0.717) is 6.42 Å². The molecular weight excluding hydrogens is 208 g/mol. The summed E-state index contributed by atoms with van der Waals surface area (Å²) in [5.74, 6) is 5.80. The summed E-state index contributed by atoms with van der Waals surface area (Å²) in [6.07, 6.45) is 3.86. The summed E-state index contributed by atoms with van der Waals surface area (Å²) >= 11 is 6.03. The largest absolute Gasteiger partial charge is 0.516 e. The number of halogens is 1. The van der Waals surface area contributed by atoms with Crippen LogP contribution in [0.1, 0.15) is 12.0 Å². The van der Waals surface area contributed by atoms with Gasteiger partial charge in [-0.05, 0) is 18.1 Å². The molecule has 0 saturated carbocycles. The Balaban J connectivity index is 2.41. The van der Waals surface area contributed by atoms with Crippen LogP contribution in [0.25, 0.3) is 0 Å². The Labute approximate surface area is 95.4 Å². The molecule has 15 heavy (non-hydrogen) atoms. The zero-order valence-electron chi connectivity index (χ0n) is 8.36. The van der Waals surface area contributed by atoms with Crippen molar-refractivity contribution in [3.63, 3.8) is 0 Å². The molecule has 1 unspecified atom stereocenters. The van der Waals surface area contributed by atoms with Crippen LogP contribution in [0.3, 0.4) is 0 Å². The summed E-state index contributed by atoms with van der Waals surface area (Å²) in [7, 11) is 0. The third kappa shape index (κ3) is 5.15. The van der Waals surface area contributed by atoms with Gasteiger partial charge in [0.15, 0.2) is 0 Å². The van der Waals surface area contributed by atoms with E-state index in [4.69, 9.17) is 16.7 Å². The highest BCUT2D eigenvalue weighted by atomic mass is 35.5. The van der Waals surface area contributed by atoms with Crippen molar-refractivity contribution < 1.29 is 5.11 Å². The third-order valence-corrected chi connectivity index (χ3v) is 2.11. The van der Waals surface area contributed by atoms with Crippen molar-refractivity contribution in [1.82, 2.24) is 0 Å². The van der Waals surface area contributed by atoms with Gasteiger partial charge in [0.25, 0.3) is 0 Å². The standard InChI is InChI=1S/C13H13ClO/c14-13(9-5-2-6-10-15)11-12-7-3-1-4-8-12/h1,3-4,6-8,10,13,15H,2,11H2. The van der Waals surface area contributed by atoms with Gasteiger partial charge >= 0.3 is 0 Å². The molecule has 0 saturated heterocycles. The van der Waals surface area contributed by atoms with E-state index < -0.39 is 0 Å². The summed E-state index contributed by atoms with van der Waals surface area (Å²) in [5, 5.41) is 8.22. The normalized spacial score (nSPS) is 12.1. The zero-order chi connectivity index (χ0) is 10.9. The summed E-state index contributed by atoms with van der Waals surface area (Å²) < 4.78 is 0. The van der Waals surface area contributed by atoms with E-state index in [0.717, 1.165) is 12.7 Å². The quantitative estimate of drug-likeness (QED) is 0.471. The maximum atomic E-state index is 8.39. The first-order valence-electron chi connectivity index (χ1n) is 4.78. The molecule has 1 atom stereocenters. The van der Waals surface area contributed by atoms with E-state index in [-0.39, 0.29) is 5.38 Å². The van der Waals surface area contributed by atoms with Crippen LogP contribution >= 0.6 is 11.6 Å². The summed E-state index contributed by atoms with van der Waals surface area (Å²) in [6, 6.07) is 10.0. The minimum Gasteiger partial charge on any atom is -0.516 e. The Bertz CT molecular complexity index is 359. The Morgan fingerprint density at radius 1 is 1.33 bits per heavy atom. The van der Waals surface area contributed by atoms with Gasteiger partial charge in [-0.3, -0.25) is 0 Å². The molecule has 1 N–H and O–H groups in total. The molecule has 1 aromatic carbocycles. The summed E-state index contributed by atoms with van der Waals surface area (Å²) in [4.78, 5) is 0. The van der Waals surface area contributed by atoms with E-state index in [9.17, 15) is 0 Å². The predicted molar refractivity (Wildman–Crippen MR) is 63.9 cm³/mol. The molecule has 0 aliphatic heterocycles. The minimum atomic E-state index is -0.167. The number of hydrogen-bond acceptors (Lipinski definition) is 1. The first-order valence-corrected chi connectivity index (χ1v) is 5.22. The second-order valence-corrected chi connectivity index (χ2v) is 3.59. The fourth-order valence-electron chi connectivity index (χ4n) is 1.15. The van der Waals surface area contributed by atoms with E-state index in [2.05, 4.69) is 11.8 Å². The van der Waals surface area contributed by atoms with E-state index in [1.807, 2.05) is 30.3 Å². The van der Waals surface area contributed by atoms with Crippen LogP contribution in [0, 0.1) is 11.8 Å². The van der Waals surface area contributed by atoms with E-state index in [1.165, 1.54) is 5.56 Å². The number of aliphatic hydroxyl groups excluding tert-OH is 1. The van der Waals surface area contributed by atoms with Crippen molar-refractivity contribution in [2.45, 2.75) is 18.2 Å². The van der Waals surface area contributed by atoms with Gasteiger partial charge < -0.3 is 5.11 Å². The van der Waals surface area contributed by atoms with Crippen LogP contribution in [0.4, 0.5) is 0 Å². The van der Waals surface area contributed by atoms with Crippen molar-refractivity contribution in [1.29, 1.82) is 0 Å². The fraction of sp³-hybridized carbons (Fsp3) is 0.231. The molecule has 0 bridgehead atoms. The number of alkyl halides is 1. The van der Waals surface area contributed by atoms with Crippen molar-refractivity contribution in [2.75, 3.05) is 0 Å². The van der Waals surface area contributed by atoms with Crippen molar-refractivity contribution in [2.24, 2.45) is 0 Å². The van der Waals surface area contributed by atoms with E-state index >= 15 is 0 Å². The molecule has 0 fully saturated rings. The molecule has 2 heteroatoms. The minimum absolute atomic E-state index is 0.167. The van der Waals surface area contributed by atoms with Gasteiger partial charge in [0.1, 0.15) is 0 Å².